The molecule has 0 N–H and O–H groups in total. The summed E-state index contributed by atoms with van der Waals surface area (Å²) in [6.07, 6.45) is 3.77. The highest BCUT2D eigenvalue weighted by atomic mass is 127. The fourth-order valence-electron chi connectivity index (χ4n) is 0.773. The van der Waals surface area contributed by atoms with E-state index in [0.717, 1.165) is 0 Å². The topological polar surface area (TPSA) is 20.9 Å². The number of carbonyl (C=O) groups is 1. The van der Waals surface area contributed by atoms with Crippen LogP contribution in [-0.4, -0.2) is 5.78 Å². The van der Waals surface area contributed by atoms with Crippen LogP contribution in [0.5, 0.6) is 0 Å². The number of ketones is 1. The molecule has 0 radical (unpaired) electrons. The molecule has 0 aliphatic heterocycles. The zero-order chi connectivity index (χ0) is 8.27. The summed E-state index contributed by atoms with van der Waals surface area (Å²) in [5.74, 6) is 0.168. The maximum Gasteiger partial charge on any atom is 0.264 e. The number of hydrogen-bond acceptors (Lipinski definition) is 1. The van der Waals surface area contributed by atoms with E-state index in [1.165, 1.54) is 0 Å². The Balaban J connectivity index is 2.85. The number of alkyl halides is 1. The van der Waals surface area contributed by atoms with Crippen molar-refractivity contribution >= 4 is 28.4 Å². The molecule has 0 bridgehead atoms. The van der Waals surface area contributed by atoms with Crippen LogP contribution in [0.2, 0.25) is 0 Å². The molecule has 1 aromatic heterocycles. The Hall–Kier alpha value is -0.450. The lowest BCUT2D eigenvalue weighted by Gasteiger charge is -1.98. The minimum atomic E-state index is -0.0752. The Morgan fingerprint density at radius 1 is 1.36 bits per heavy atom. The average molecular weight is 262 g/mol. The Morgan fingerprint density at radius 3 is 2.36 bits per heavy atom. The third-order valence-electron chi connectivity index (χ3n) is 1.34. The zero-order valence-electron chi connectivity index (χ0n) is 6.20. The normalized spacial score (nSPS) is 12.5. The van der Waals surface area contributed by atoms with Crippen molar-refractivity contribution in [1.29, 1.82) is 0 Å². The van der Waals surface area contributed by atoms with Crippen LogP contribution in [0.3, 0.4) is 0 Å². The number of carbonyl (C=O) groups excluding carboxylic acids is 1. The van der Waals surface area contributed by atoms with Crippen molar-refractivity contribution < 1.29 is 9.36 Å². The molecular weight excluding hydrogens is 253 g/mol. The molecule has 1 heterocycles. The van der Waals surface area contributed by atoms with Gasteiger partial charge in [-0.1, -0.05) is 6.07 Å². The number of rotatable bonds is 2. The van der Waals surface area contributed by atoms with Crippen LogP contribution < -0.4 is 4.57 Å². The van der Waals surface area contributed by atoms with E-state index >= 15 is 0 Å². The molecule has 1 aromatic rings. The zero-order valence-corrected chi connectivity index (χ0v) is 8.36. The lowest BCUT2D eigenvalue weighted by molar-refractivity contribution is -0.681. The summed E-state index contributed by atoms with van der Waals surface area (Å²) in [5, 5.41) is 0. The molecule has 0 saturated carbocycles. The fourth-order valence-corrected chi connectivity index (χ4v) is 1.14. The lowest BCUT2D eigenvalue weighted by atomic mass is 10.4. The molecule has 3 heteroatoms. The lowest BCUT2D eigenvalue weighted by Crippen LogP contribution is -2.38. The molecule has 0 aliphatic rings. The highest BCUT2D eigenvalue weighted by Crippen LogP contribution is 2.06. The highest BCUT2D eigenvalue weighted by molar-refractivity contribution is 14.1. The summed E-state index contributed by atoms with van der Waals surface area (Å²) in [6, 6.07) is 5.75. The molecule has 0 saturated heterocycles. The molecule has 1 unspecified atom stereocenters. The van der Waals surface area contributed by atoms with E-state index in [-0.39, 0.29) is 9.83 Å². The van der Waals surface area contributed by atoms with Crippen LogP contribution in [0.15, 0.2) is 30.6 Å². The second-order valence-corrected chi connectivity index (χ2v) is 3.45. The van der Waals surface area contributed by atoms with Crippen molar-refractivity contribution in [3.63, 3.8) is 0 Å². The van der Waals surface area contributed by atoms with E-state index in [4.69, 9.17) is 0 Å². The van der Waals surface area contributed by atoms with Crippen LogP contribution in [0, 0.1) is 0 Å². The average Bonchev–Trinajstić information content (AvgIpc) is 2.05. The van der Waals surface area contributed by atoms with Gasteiger partial charge in [0.25, 0.3) is 4.05 Å². The largest absolute Gasteiger partial charge is 0.292 e. The number of nitrogens with zero attached hydrogens (tertiary/aromatic N) is 1. The molecule has 11 heavy (non-hydrogen) atoms. The summed E-state index contributed by atoms with van der Waals surface area (Å²) >= 11 is 2.11. The summed E-state index contributed by atoms with van der Waals surface area (Å²) in [7, 11) is 0. The Labute approximate surface area is 79.4 Å². The van der Waals surface area contributed by atoms with Crippen molar-refractivity contribution in [2.45, 2.75) is 11.0 Å². The molecule has 58 valence electrons. The quantitative estimate of drug-likeness (QED) is 0.449. The molecule has 1 atom stereocenters. The Kier molecular flexibility index (Phi) is 2.99. The fraction of sp³-hybridized carbons (Fsp3) is 0.250. The third-order valence-corrected chi connectivity index (χ3v) is 2.86. The van der Waals surface area contributed by atoms with Gasteiger partial charge in [0.05, 0.1) is 0 Å². The molecular formula is C8H9INO+. The van der Waals surface area contributed by atoms with E-state index in [2.05, 4.69) is 22.6 Å². The van der Waals surface area contributed by atoms with E-state index in [1.807, 2.05) is 35.2 Å². The van der Waals surface area contributed by atoms with Crippen molar-refractivity contribution in [2.75, 3.05) is 0 Å². The number of pyridine rings is 1. The van der Waals surface area contributed by atoms with E-state index in [1.54, 1.807) is 6.92 Å². The SMILES string of the molecule is CC(=O)C(I)[n+]1ccccc1. The maximum atomic E-state index is 10.9. The van der Waals surface area contributed by atoms with E-state index in [0.29, 0.717) is 0 Å². The van der Waals surface area contributed by atoms with Gasteiger partial charge in [0.1, 0.15) is 0 Å². The van der Waals surface area contributed by atoms with Crippen LogP contribution in [0.1, 0.15) is 11.0 Å². The molecule has 0 aliphatic carbocycles. The molecule has 0 amide bonds. The molecule has 0 fully saturated rings. The smallest absolute Gasteiger partial charge is 0.264 e. The summed E-state index contributed by atoms with van der Waals surface area (Å²) in [6.45, 7) is 1.59. The van der Waals surface area contributed by atoms with Crippen LogP contribution >= 0.6 is 22.6 Å². The first-order valence-corrected chi connectivity index (χ1v) is 4.56. The summed E-state index contributed by atoms with van der Waals surface area (Å²) in [4.78, 5) is 10.9. The minimum Gasteiger partial charge on any atom is -0.292 e. The Bertz CT molecular complexity index is 248. The molecule has 0 spiro atoms. The maximum absolute atomic E-state index is 10.9. The van der Waals surface area contributed by atoms with Gasteiger partial charge in [-0.25, -0.2) is 0 Å². The third kappa shape index (κ3) is 2.25. The minimum absolute atomic E-state index is 0.0752. The Morgan fingerprint density at radius 2 is 1.91 bits per heavy atom. The van der Waals surface area contributed by atoms with Gasteiger partial charge in [-0.15, -0.1) is 0 Å². The predicted octanol–water partition coefficient (Wildman–Crippen LogP) is 1.50. The number of aromatic nitrogens is 1. The number of Topliss-reactive ketones (excluding diaryl/α,β-unsaturated/α-hetero) is 1. The van der Waals surface area contributed by atoms with Gasteiger partial charge in [0.15, 0.2) is 12.4 Å². The monoisotopic (exact) mass is 262 g/mol. The number of hydrogen-bond donors (Lipinski definition) is 0. The first-order valence-electron chi connectivity index (χ1n) is 3.32. The first kappa shape index (κ1) is 8.64. The van der Waals surface area contributed by atoms with Gasteiger partial charge in [-0.2, -0.15) is 4.57 Å². The summed E-state index contributed by atoms with van der Waals surface area (Å²) in [5.41, 5.74) is 0. The van der Waals surface area contributed by atoms with Crippen molar-refractivity contribution in [1.82, 2.24) is 0 Å². The van der Waals surface area contributed by atoms with Crippen molar-refractivity contribution in [3.05, 3.63) is 30.6 Å². The van der Waals surface area contributed by atoms with Gasteiger partial charge >= 0.3 is 0 Å². The van der Waals surface area contributed by atoms with Gasteiger partial charge < -0.3 is 0 Å². The number of halogens is 1. The highest BCUT2D eigenvalue weighted by Gasteiger charge is 2.17. The van der Waals surface area contributed by atoms with Crippen molar-refractivity contribution in [2.24, 2.45) is 0 Å². The predicted molar refractivity (Wildman–Crippen MR) is 50.4 cm³/mol. The molecule has 2 nitrogen and oxygen atoms in total. The second-order valence-electron chi connectivity index (χ2n) is 2.27. The van der Waals surface area contributed by atoms with Gasteiger partial charge in [-0.3, -0.25) is 4.79 Å². The molecule has 1 rings (SSSR count). The second kappa shape index (κ2) is 3.80. The molecule has 0 aromatic carbocycles. The van der Waals surface area contributed by atoms with Crippen LogP contribution in [0.25, 0.3) is 0 Å². The van der Waals surface area contributed by atoms with E-state index in [9.17, 15) is 4.79 Å². The van der Waals surface area contributed by atoms with Crippen molar-refractivity contribution in [3.8, 4) is 0 Å². The van der Waals surface area contributed by atoms with Gasteiger partial charge in [0.2, 0.25) is 5.78 Å². The van der Waals surface area contributed by atoms with Crippen LogP contribution in [0.4, 0.5) is 0 Å². The standard InChI is InChI=1S/C8H9INO/c1-7(11)8(9)10-5-3-2-4-6-10/h2-6,8H,1H3/q+1. The van der Waals surface area contributed by atoms with Gasteiger partial charge in [0, 0.05) is 41.6 Å². The first-order chi connectivity index (χ1) is 5.22. The van der Waals surface area contributed by atoms with Gasteiger partial charge in [-0.05, 0) is 0 Å². The summed E-state index contributed by atoms with van der Waals surface area (Å²) < 4.78 is 1.80. The van der Waals surface area contributed by atoms with Crippen LogP contribution in [-0.2, 0) is 4.79 Å². The van der Waals surface area contributed by atoms with E-state index < -0.39 is 0 Å².